The van der Waals surface area contributed by atoms with Crippen LogP contribution < -0.4 is 15.0 Å². The number of rotatable bonds is 9. The van der Waals surface area contributed by atoms with Gasteiger partial charge in [0.25, 0.3) is 5.91 Å². The van der Waals surface area contributed by atoms with Crippen LogP contribution in [0, 0.1) is 5.92 Å². The van der Waals surface area contributed by atoms with Crippen molar-refractivity contribution in [1.82, 2.24) is 0 Å². The zero-order valence-corrected chi connectivity index (χ0v) is 20.2. The second-order valence-electron chi connectivity index (χ2n) is 8.27. The van der Waals surface area contributed by atoms with Crippen LogP contribution in [-0.2, 0) is 23.9 Å². The van der Waals surface area contributed by atoms with Crippen molar-refractivity contribution >= 4 is 35.1 Å². The Labute approximate surface area is 213 Å². The van der Waals surface area contributed by atoms with Gasteiger partial charge in [-0.25, -0.2) is 4.79 Å². The number of carbonyl (C=O) groups excluding carboxylic acids is 4. The number of amides is 2. The zero-order valence-electron chi connectivity index (χ0n) is 20.2. The number of nitrogens with one attached hydrogen (secondary N) is 1. The van der Waals surface area contributed by atoms with Gasteiger partial charge in [-0.15, -0.1) is 0 Å². The van der Waals surface area contributed by atoms with E-state index in [2.05, 4.69) is 5.32 Å². The predicted octanol–water partition coefficient (Wildman–Crippen LogP) is 4.19. The minimum atomic E-state index is -0.695. The summed E-state index contributed by atoms with van der Waals surface area (Å²) in [5.41, 5.74) is 1.46. The van der Waals surface area contributed by atoms with E-state index >= 15 is 0 Å². The predicted molar refractivity (Wildman–Crippen MR) is 135 cm³/mol. The molecule has 3 aromatic rings. The number of hydrogen-bond donors (Lipinski definition) is 1. The Hall–Kier alpha value is -4.66. The summed E-state index contributed by atoms with van der Waals surface area (Å²) < 4.78 is 15.8. The first-order valence-electron chi connectivity index (χ1n) is 11.8. The van der Waals surface area contributed by atoms with Crippen LogP contribution in [0.25, 0.3) is 0 Å². The minimum Gasteiger partial charge on any atom is -0.462 e. The quantitative estimate of drug-likeness (QED) is 0.437. The molecule has 1 saturated heterocycles. The van der Waals surface area contributed by atoms with Crippen LogP contribution >= 0.6 is 0 Å². The van der Waals surface area contributed by atoms with Gasteiger partial charge in [-0.05, 0) is 67.6 Å². The molecule has 1 heterocycles. The molecule has 0 aliphatic carbocycles. The van der Waals surface area contributed by atoms with Crippen molar-refractivity contribution in [3.05, 3.63) is 84.4 Å². The van der Waals surface area contributed by atoms with E-state index < -0.39 is 30.4 Å². The first kappa shape index (κ1) is 25.4. The van der Waals surface area contributed by atoms with E-state index in [-0.39, 0.29) is 25.5 Å². The number of anilines is 2. The molecule has 4 rings (SSSR count). The van der Waals surface area contributed by atoms with E-state index in [0.717, 1.165) is 0 Å². The monoisotopic (exact) mass is 502 g/mol. The van der Waals surface area contributed by atoms with Crippen LogP contribution in [0.15, 0.2) is 78.9 Å². The van der Waals surface area contributed by atoms with Crippen LogP contribution in [0.3, 0.4) is 0 Å². The first-order chi connectivity index (χ1) is 17.9. The van der Waals surface area contributed by atoms with Gasteiger partial charge in [0.1, 0.15) is 11.5 Å². The Morgan fingerprint density at radius 1 is 0.892 bits per heavy atom. The molecule has 1 atom stereocenters. The molecule has 9 heteroatoms. The highest BCUT2D eigenvalue weighted by Crippen LogP contribution is 2.27. The smallest absolute Gasteiger partial charge is 0.338 e. The van der Waals surface area contributed by atoms with E-state index in [1.165, 1.54) is 4.90 Å². The summed E-state index contributed by atoms with van der Waals surface area (Å²) in [6.45, 7) is 1.64. The fourth-order valence-electron chi connectivity index (χ4n) is 3.79. The van der Waals surface area contributed by atoms with Gasteiger partial charge in [0, 0.05) is 24.3 Å². The van der Waals surface area contributed by atoms with Crippen molar-refractivity contribution < 1.29 is 33.4 Å². The van der Waals surface area contributed by atoms with Gasteiger partial charge in [0.05, 0.1) is 18.1 Å². The summed E-state index contributed by atoms with van der Waals surface area (Å²) in [7, 11) is 0. The molecule has 1 fully saturated rings. The molecular weight excluding hydrogens is 476 g/mol. The lowest BCUT2D eigenvalue weighted by Gasteiger charge is -2.17. The number of esters is 2. The number of para-hydroxylation sites is 1. The second kappa shape index (κ2) is 11.9. The third-order valence-electron chi connectivity index (χ3n) is 5.61. The van der Waals surface area contributed by atoms with Gasteiger partial charge in [0.2, 0.25) is 5.91 Å². The van der Waals surface area contributed by atoms with Gasteiger partial charge < -0.3 is 24.4 Å². The van der Waals surface area contributed by atoms with Crippen LogP contribution in [0.2, 0.25) is 0 Å². The molecule has 1 N–H and O–H groups in total. The SMILES string of the molecule is CCOC(=O)c1ccc(N2C[C@@H](C(=O)OCC(=O)Nc3ccc(Oc4ccccc4)cc3)CC2=O)cc1. The first-order valence-corrected chi connectivity index (χ1v) is 11.8. The number of nitrogens with zero attached hydrogens (tertiary/aromatic N) is 1. The maximum atomic E-state index is 12.5. The fourth-order valence-corrected chi connectivity index (χ4v) is 3.79. The van der Waals surface area contributed by atoms with Gasteiger partial charge in [0.15, 0.2) is 6.61 Å². The van der Waals surface area contributed by atoms with Gasteiger partial charge in [-0.3, -0.25) is 14.4 Å². The van der Waals surface area contributed by atoms with Crippen molar-refractivity contribution in [3.63, 3.8) is 0 Å². The average Bonchev–Trinajstić information content (AvgIpc) is 3.31. The Kier molecular flexibility index (Phi) is 8.15. The fraction of sp³-hybridized carbons (Fsp3) is 0.214. The highest BCUT2D eigenvalue weighted by molar-refractivity contribution is 6.00. The molecule has 3 aromatic carbocycles. The van der Waals surface area contributed by atoms with Crippen LogP contribution in [0.1, 0.15) is 23.7 Å². The minimum absolute atomic E-state index is 0.0248. The van der Waals surface area contributed by atoms with Crippen LogP contribution in [0.5, 0.6) is 11.5 Å². The zero-order chi connectivity index (χ0) is 26.2. The van der Waals surface area contributed by atoms with E-state index in [1.54, 1.807) is 55.5 Å². The lowest BCUT2D eigenvalue weighted by atomic mass is 10.1. The summed E-state index contributed by atoms with van der Waals surface area (Å²) in [5.74, 6) is -1.20. The maximum Gasteiger partial charge on any atom is 0.338 e. The molecule has 9 nitrogen and oxygen atoms in total. The molecule has 0 aromatic heterocycles. The van der Waals surface area contributed by atoms with Gasteiger partial charge in [-0.2, -0.15) is 0 Å². The van der Waals surface area contributed by atoms with Crippen molar-refractivity contribution in [3.8, 4) is 11.5 Å². The van der Waals surface area contributed by atoms with E-state index in [9.17, 15) is 19.2 Å². The van der Waals surface area contributed by atoms with Gasteiger partial charge >= 0.3 is 11.9 Å². The summed E-state index contributed by atoms with van der Waals surface area (Å²) in [6, 6.07) is 22.5. The largest absolute Gasteiger partial charge is 0.462 e. The molecule has 1 aliphatic rings. The normalized spacial score (nSPS) is 14.7. The second-order valence-corrected chi connectivity index (χ2v) is 8.27. The summed E-state index contributed by atoms with van der Waals surface area (Å²) in [6.07, 6.45) is -0.0248. The highest BCUT2D eigenvalue weighted by Gasteiger charge is 2.36. The third kappa shape index (κ3) is 6.72. The third-order valence-corrected chi connectivity index (χ3v) is 5.61. The maximum absolute atomic E-state index is 12.5. The molecule has 190 valence electrons. The number of carbonyl (C=O) groups is 4. The molecule has 1 aliphatic heterocycles. The molecule has 0 radical (unpaired) electrons. The Morgan fingerprint density at radius 2 is 1.57 bits per heavy atom. The molecule has 0 bridgehead atoms. The van der Waals surface area contributed by atoms with E-state index in [1.807, 2.05) is 30.3 Å². The summed E-state index contributed by atoms with van der Waals surface area (Å²) in [5, 5.41) is 2.66. The molecular formula is C28H26N2O7. The van der Waals surface area contributed by atoms with Crippen molar-refractivity contribution in [2.75, 3.05) is 30.0 Å². The van der Waals surface area contributed by atoms with Crippen LogP contribution in [-0.4, -0.2) is 43.5 Å². The van der Waals surface area contributed by atoms with Crippen molar-refractivity contribution in [2.45, 2.75) is 13.3 Å². The van der Waals surface area contributed by atoms with Gasteiger partial charge in [-0.1, -0.05) is 18.2 Å². The van der Waals surface area contributed by atoms with Crippen molar-refractivity contribution in [2.24, 2.45) is 5.92 Å². The lowest BCUT2D eigenvalue weighted by Crippen LogP contribution is -2.28. The average molecular weight is 503 g/mol. The Balaban J connectivity index is 1.24. The van der Waals surface area contributed by atoms with Crippen LogP contribution in [0.4, 0.5) is 11.4 Å². The Bertz CT molecular complexity index is 1260. The van der Waals surface area contributed by atoms with Crippen molar-refractivity contribution in [1.29, 1.82) is 0 Å². The number of benzene rings is 3. The van der Waals surface area contributed by atoms with E-state index in [4.69, 9.17) is 14.2 Å². The molecule has 0 unspecified atom stereocenters. The summed E-state index contributed by atoms with van der Waals surface area (Å²) in [4.78, 5) is 50.5. The number of hydrogen-bond acceptors (Lipinski definition) is 7. The lowest BCUT2D eigenvalue weighted by molar-refractivity contribution is -0.151. The highest BCUT2D eigenvalue weighted by atomic mass is 16.5. The van der Waals surface area contributed by atoms with E-state index in [0.29, 0.717) is 28.4 Å². The number of ether oxygens (including phenoxy) is 3. The molecule has 0 spiro atoms. The summed E-state index contributed by atoms with van der Waals surface area (Å²) >= 11 is 0. The molecule has 37 heavy (non-hydrogen) atoms. The molecule has 0 saturated carbocycles. The topological polar surface area (TPSA) is 111 Å². The molecule has 2 amide bonds. The standard InChI is InChI=1S/C28H26N2O7/c1-2-35-27(33)19-8-12-22(13-9-19)30-17-20(16-26(30)32)28(34)36-18-25(31)29-21-10-14-24(15-11-21)37-23-6-4-3-5-7-23/h3-15,20H,2,16-18H2,1H3,(H,29,31)/t20-/m0/s1. The Morgan fingerprint density at radius 3 is 2.24 bits per heavy atom.